The van der Waals surface area contributed by atoms with Gasteiger partial charge in [0.1, 0.15) is 5.78 Å². The van der Waals surface area contributed by atoms with Gasteiger partial charge in [-0.3, -0.25) is 4.79 Å². The predicted molar refractivity (Wildman–Crippen MR) is 93.2 cm³/mol. The van der Waals surface area contributed by atoms with Crippen LogP contribution in [-0.2, 0) is 4.79 Å². The number of Topliss-reactive ketones (excluding diaryl/α,β-unsaturated/α-hetero) is 1. The molecule has 0 bridgehead atoms. The number of hydrogen-bond donors (Lipinski definition) is 2. The number of rotatable bonds is 1. The monoisotopic (exact) mass is 330 g/mol. The van der Waals surface area contributed by atoms with Crippen LogP contribution >= 0.6 is 0 Å². The number of allylic oxidation sites excluding steroid dienone is 1. The maximum absolute atomic E-state index is 12.4. The number of fused-ring (bicyclic) bond motifs is 5. The van der Waals surface area contributed by atoms with Crippen LogP contribution in [0.2, 0.25) is 0 Å². The first kappa shape index (κ1) is 16.2. The molecule has 6 atom stereocenters. The molecule has 4 aliphatic carbocycles. The Bertz CT molecular complexity index is 613. The Morgan fingerprint density at radius 3 is 2.54 bits per heavy atom. The van der Waals surface area contributed by atoms with Crippen LogP contribution in [0.25, 0.3) is 0 Å². The van der Waals surface area contributed by atoms with Crippen molar-refractivity contribution in [2.24, 2.45) is 34.3 Å². The van der Waals surface area contributed by atoms with Crippen LogP contribution in [0.1, 0.15) is 65.2 Å². The van der Waals surface area contributed by atoms with Gasteiger partial charge in [-0.25, -0.2) is 4.79 Å². The molecule has 4 aliphatic rings. The molecule has 4 heteroatoms. The van der Waals surface area contributed by atoms with E-state index in [9.17, 15) is 9.59 Å². The first-order valence-corrected chi connectivity index (χ1v) is 9.65. The van der Waals surface area contributed by atoms with Crippen molar-refractivity contribution >= 4 is 11.8 Å². The van der Waals surface area contributed by atoms with Crippen molar-refractivity contribution in [3.63, 3.8) is 0 Å². The third kappa shape index (κ3) is 2.18. The van der Waals surface area contributed by atoms with Gasteiger partial charge >= 0.3 is 6.03 Å². The van der Waals surface area contributed by atoms with Crippen LogP contribution in [0.15, 0.2) is 11.6 Å². The summed E-state index contributed by atoms with van der Waals surface area (Å²) in [4.78, 5) is 23.6. The molecular formula is C20H30N2O2. The fraction of sp³-hybridized carbons (Fsp3) is 0.800. The van der Waals surface area contributed by atoms with Gasteiger partial charge in [0.2, 0.25) is 0 Å². The lowest BCUT2D eigenvalue weighted by Crippen LogP contribution is -2.52. The summed E-state index contributed by atoms with van der Waals surface area (Å²) in [5, 5.41) is 2.87. The number of ketones is 1. The van der Waals surface area contributed by atoms with Crippen molar-refractivity contribution in [1.29, 1.82) is 0 Å². The average molecular weight is 330 g/mol. The molecule has 24 heavy (non-hydrogen) atoms. The summed E-state index contributed by atoms with van der Waals surface area (Å²) in [7, 11) is 0. The van der Waals surface area contributed by atoms with E-state index in [1.54, 1.807) is 0 Å². The SMILES string of the molecule is C[C@]12CC[C@@H](NC(N)=O)C=C1CC[C@H]1[C@H]3CCC(=O)[C@@]3(C)CC[C@@H]12. The second-order valence-corrected chi connectivity index (χ2v) is 9.10. The lowest BCUT2D eigenvalue weighted by atomic mass is 9.47. The van der Waals surface area contributed by atoms with Gasteiger partial charge < -0.3 is 11.1 Å². The van der Waals surface area contributed by atoms with Gasteiger partial charge in [-0.05, 0) is 68.1 Å². The maximum atomic E-state index is 12.4. The van der Waals surface area contributed by atoms with E-state index in [4.69, 9.17) is 5.73 Å². The number of urea groups is 1. The molecule has 0 spiro atoms. The minimum Gasteiger partial charge on any atom is -0.352 e. The highest BCUT2D eigenvalue weighted by Crippen LogP contribution is 2.64. The zero-order valence-electron chi connectivity index (χ0n) is 14.9. The summed E-state index contributed by atoms with van der Waals surface area (Å²) < 4.78 is 0. The fourth-order valence-corrected chi connectivity index (χ4v) is 6.80. The average Bonchev–Trinajstić information content (AvgIpc) is 2.83. The predicted octanol–water partition coefficient (Wildman–Crippen LogP) is 3.56. The van der Waals surface area contributed by atoms with Crippen molar-refractivity contribution in [3.8, 4) is 0 Å². The first-order chi connectivity index (χ1) is 11.3. The standard InChI is InChI=1S/C20H30N2O2/c1-19-9-7-13(22-18(21)24)11-12(19)3-4-14-15-5-6-17(23)20(15,2)10-8-16(14)19/h11,13-16H,3-10H2,1-2H3,(H3,21,22,24)/t13-,14+,15-,16+,19+,20+/m1/s1. The number of carbonyl (C=O) groups is 2. The third-order valence-corrected chi connectivity index (χ3v) is 8.15. The topological polar surface area (TPSA) is 72.2 Å². The highest BCUT2D eigenvalue weighted by molar-refractivity contribution is 5.87. The summed E-state index contributed by atoms with van der Waals surface area (Å²) in [5.74, 6) is 2.53. The summed E-state index contributed by atoms with van der Waals surface area (Å²) in [6.07, 6.45) is 10.9. The summed E-state index contributed by atoms with van der Waals surface area (Å²) in [6, 6.07) is -0.323. The lowest BCUT2D eigenvalue weighted by Gasteiger charge is -2.57. The zero-order valence-corrected chi connectivity index (χ0v) is 14.9. The van der Waals surface area contributed by atoms with Crippen LogP contribution < -0.4 is 11.1 Å². The van der Waals surface area contributed by atoms with Crippen LogP contribution in [0, 0.1) is 28.6 Å². The van der Waals surface area contributed by atoms with Gasteiger partial charge in [0.15, 0.2) is 0 Å². The van der Waals surface area contributed by atoms with Gasteiger partial charge in [-0.2, -0.15) is 0 Å². The van der Waals surface area contributed by atoms with Gasteiger partial charge in [0.05, 0.1) is 0 Å². The van der Waals surface area contributed by atoms with Gasteiger partial charge in [0, 0.05) is 17.9 Å². The number of nitrogens with one attached hydrogen (secondary N) is 1. The van der Waals surface area contributed by atoms with Gasteiger partial charge in [-0.15, -0.1) is 0 Å². The molecular weight excluding hydrogens is 300 g/mol. The summed E-state index contributed by atoms with van der Waals surface area (Å²) in [5.41, 5.74) is 7.05. The highest BCUT2D eigenvalue weighted by Gasteiger charge is 2.58. The number of carbonyl (C=O) groups excluding carboxylic acids is 2. The number of nitrogens with two attached hydrogens (primary N) is 1. The maximum Gasteiger partial charge on any atom is 0.312 e. The van der Waals surface area contributed by atoms with E-state index in [-0.39, 0.29) is 16.9 Å². The number of hydrogen-bond acceptors (Lipinski definition) is 2. The Morgan fingerprint density at radius 2 is 1.79 bits per heavy atom. The zero-order chi connectivity index (χ0) is 17.1. The van der Waals surface area contributed by atoms with Gasteiger partial charge in [0.25, 0.3) is 0 Å². The molecule has 4 rings (SSSR count). The Balaban J connectivity index is 1.61. The molecule has 0 heterocycles. The van der Waals surface area contributed by atoms with Crippen LogP contribution in [-0.4, -0.2) is 17.9 Å². The normalized spacial score (nSPS) is 47.2. The van der Waals surface area contributed by atoms with Crippen molar-refractivity contribution < 1.29 is 9.59 Å². The number of primary amides is 1. The molecule has 0 aliphatic heterocycles. The largest absolute Gasteiger partial charge is 0.352 e. The van der Waals surface area contributed by atoms with Crippen LogP contribution in [0.4, 0.5) is 4.79 Å². The lowest BCUT2D eigenvalue weighted by molar-refractivity contribution is -0.132. The summed E-state index contributed by atoms with van der Waals surface area (Å²) in [6.45, 7) is 4.68. The molecule has 4 nitrogen and oxygen atoms in total. The molecule has 0 unspecified atom stereocenters. The van der Waals surface area contributed by atoms with E-state index < -0.39 is 6.03 Å². The van der Waals surface area contributed by atoms with Crippen molar-refractivity contribution in [1.82, 2.24) is 5.32 Å². The molecule has 3 N–H and O–H groups in total. The molecule has 0 saturated heterocycles. The van der Waals surface area contributed by atoms with Crippen LogP contribution in [0.5, 0.6) is 0 Å². The molecule has 0 aromatic carbocycles. The Morgan fingerprint density at radius 1 is 1.08 bits per heavy atom. The smallest absolute Gasteiger partial charge is 0.312 e. The van der Waals surface area contributed by atoms with E-state index in [1.165, 1.54) is 18.4 Å². The van der Waals surface area contributed by atoms with Crippen LogP contribution in [0.3, 0.4) is 0 Å². The quantitative estimate of drug-likeness (QED) is 0.722. The highest BCUT2D eigenvalue weighted by atomic mass is 16.2. The van der Waals surface area contributed by atoms with Gasteiger partial charge in [-0.1, -0.05) is 25.5 Å². The van der Waals surface area contributed by atoms with E-state index in [0.717, 1.165) is 38.5 Å². The molecule has 0 aromatic rings. The minimum absolute atomic E-state index is 0.0382. The Hall–Kier alpha value is -1.32. The van der Waals surface area contributed by atoms with E-state index in [2.05, 4.69) is 25.2 Å². The molecule has 0 radical (unpaired) electrons. The first-order valence-electron chi connectivity index (χ1n) is 9.65. The minimum atomic E-state index is -0.424. The summed E-state index contributed by atoms with van der Waals surface area (Å²) >= 11 is 0. The molecule has 132 valence electrons. The number of amides is 2. The van der Waals surface area contributed by atoms with Crippen molar-refractivity contribution in [2.45, 2.75) is 71.3 Å². The second-order valence-electron chi connectivity index (χ2n) is 9.10. The second kappa shape index (κ2) is 5.34. The van der Waals surface area contributed by atoms with E-state index in [1.807, 2.05) is 0 Å². The molecule has 3 fully saturated rings. The molecule has 3 saturated carbocycles. The van der Waals surface area contributed by atoms with Crippen molar-refractivity contribution in [2.75, 3.05) is 0 Å². The molecule has 2 amide bonds. The fourth-order valence-electron chi connectivity index (χ4n) is 6.80. The van der Waals surface area contributed by atoms with E-state index in [0.29, 0.717) is 23.5 Å². The third-order valence-electron chi connectivity index (χ3n) is 8.15. The Kier molecular flexibility index (Phi) is 3.59. The van der Waals surface area contributed by atoms with E-state index >= 15 is 0 Å². The van der Waals surface area contributed by atoms with Crippen molar-refractivity contribution in [3.05, 3.63) is 11.6 Å². The molecule has 0 aromatic heterocycles. The Labute approximate surface area is 144 Å².